The zero-order chi connectivity index (χ0) is 16.7. The Labute approximate surface area is 124 Å². The van der Waals surface area contributed by atoms with Gasteiger partial charge in [-0.15, -0.1) is 0 Å². The summed E-state index contributed by atoms with van der Waals surface area (Å²) in [5.41, 5.74) is -1.03. The fraction of sp³-hybridized carbons (Fsp3) is 0.500. The Balaban J connectivity index is 2.57. The molecule has 2 heterocycles. The van der Waals surface area contributed by atoms with Gasteiger partial charge in [0.05, 0.1) is 18.4 Å². The Morgan fingerprint density at radius 3 is 2.59 bits per heavy atom. The summed E-state index contributed by atoms with van der Waals surface area (Å²) in [6.45, 7) is 1.31. The number of sulfonamides is 1. The summed E-state index contributed by atoms with van der Waals surface area (Å²) in [7, 11) is -2.84. The van der Waals surface area contributed by atoms with Gasteiger partial charge in [0.1, 0.15) is 11.9 Å². The maximum Gasteiger partial charge on any atom is 0.416 e. The van der Waals surface area contributed by atoms with Gasteiger partial charge in [0, 0.05) is 5.69 Å². The summed E-state index contributed by atoms with van der Waals surface area (Å²) in [4.78, 5) is 15.5. The highest BCUT2D eigenvalue weighted by atomic mass is 32.2. The summed E-state index contributed by atoms with van der Waals surface area (Å²) in [5, 5.41) is 0. The molecule has 0 aromatic carbocycles. The average Bonchev–Trinajstić information content (AvgIpc) is 2.71. The molecule has 1 saturated heterocycles. The molecular formula is C12H13F3N2O4S. The van der Waals surface area contributed by atoms with E-state index in [1.54, 1.807) is 0 Å². The van der Waals surface area contributed by atoms with E-state index < -0.39 is 39.6 Å². The van der Waals surface area contributed by atoms with E-state index in [2.05, 4.69) is 9.72 Å². The first-order chi connectivity index (χ1) is 10.1. The van der Waals surface area contributed by atoms with Crippen LogP contribution in [0.5, 0.6) is 0 Å². The van der Waals surface area contributed by atoms with E-state index in [0.717, 1.165) is 13.2 Å². The second-order valence-electron chi connectivity index (χ2n) is 4.79. The Morgan fingerprint density at radius 2 is 2.05 bits per heavy atom. The lowest BCUT2D eigenvalue weighted by atomic mass is 10.2. The fourth-order valence-electron chi connectivity index (χ4n) is 2.25. The molecular weight excluding hydrogens is 325 g/mol. The van der Waals surface area contributed by atoms with Gasteiger partial charge in [-0.3, -0.25) is 0 Å². The number of hydrogen-bond acceptors (Lipinski definition) is 5. The van der Waals surface area contributed by atoms with E-state index in [1.165, 1.54) is 6.92 Å². The first-order valence-corrected chi connectivity index (χ1v) is 7.83. The zero-order valence-corrected chi connectivity index (χ0v) is 12.5. The second-order valence-corrected chi connectivity index (χ2v) is 6.76. The lowest BCUT2D eigenvalue weighted by Gasteiger charge is -2.23. The number of aromatic nitrogens is 1. The molecule has 1 aliphatic heterocycles. The first-order valence-electron chi connectivity index (χ1n) is 6.22. The summed E-state index contributed by atoms with van der Waals surface area (Å²) < 4.78 is 67.8. The van der Waals surface area contributed by atoms with Gasteiger partial charge in [-0.1, -0.05) is 0 Å². The molecule has 0 saturated carbocycles. The number of ether oxygens (including phenoxy) is 1. The highest BCUT2D eigenvalue weighted by Gasteiger charge is 2.44. The number of halogens is 3. The van der Waals surface area contributed by atoms with Gasteiger partial charge in [0.25, 0.3) is 0 Å². The molecule has 6 nitrogen and oxygen atoms in total. The van der Waals surface area contributed by atoms with Crippen LogP contribution in [0.3, 0.4) is 0 Å². The molecule has 0 radical (unpaired) electrons. The van der Waals surface area contributed by atoms with Crippen LogP contribution in [-0.4, -0.2) is 38.3 Å². The van der Waals surface area contributed by atoms with Crippen LogP contribution in [0.2, 0.25) is 0 Å². The first kappa shape index (κ1) is 16.5. The Kier molecular flexibility index (Phi) is 4.07. The summed E-state index contributed by atoms with van der Waals surface area (Å²) in [5.74, 6) is -1.62. The van der Waals surface area contributed by atoms with Gasteiger partial charge >= 0.3 is 12.1 Å². The third kappa shape index (κ3) is 3.01. The highest BCUT2D eigenvalue weighted by molar-refractivity contribution is 7.93. The third-order valence-electron chi connectivity index (χ3n) is 3.20. The van der Waals surface area contributed by atoms with Crippen molar-refractivity contribution in [1.82, 2.24) is 4.98 Å². The van der Waals surface area contributed by atoms with Gasteiger partial charge in [-0.2, -0.15) is 13.2 Å². The molecule has 0 unspecified atom stereocenters. The van der Waals surface area contributed by atoms with Crippen LogP contribution in [0.4, 0.5) is 19.0 Å². The van der Waals surface area contributed by atoms with Gasteiger partial charge in [-0.25, -0.2) is 22.5 Å². The molecule has 0 N–H and O–H groups in total. The van der Waals surface area contributed by atoms with Crippen molar-refractivity contribution in [1.29, 1.82) is 0 Å². The average molecular weight is 338 g/mol. The number of pyridine rings is 1. The zero-order valence-electron chi connectivity index (χ0n) is 11.7. The number of carbonyl (C=O) groups excluding carboxylic acids is 1. The van der Waals surface area contributed by atoms with Crippen molar-refractivity contribution in [2.45, 2.75) is 25.6 Å². The summed E-state index contributed by atoms with van der Waals surface area (Å²) in [6.07, 6.45) is -4.71. The quantitative estimate of drug-likeness (QED) is 0.764. The molecule has 1 atom stereocenters. The monoisotopic (exact) mass is 338 g/mol. The number of carbonyl (C=O) groups is 1. The molecule has 0 amide bonds. The van der Waals surface area contributed by atoms with Gasteiger partial charge in [0.2, 0.25) is 10.0 Å². The third-order valence-corrected chi connectivity index (χ3v) is 4.99. The van der Waals surface area contributed by atoms with Crippen LogP contribution in [0.15, 0.2) is 12.1 Å². The van der Waals surface area contributed by atoms with Crippen LogP contribution in [0.1, 0.15) is 17.7 Å². The molecule has 22 heavy (non-hydrogen) atoms. The van der Waals surface area contributed by atoms with Crippen LogP contribution in [-0.2, 0) is 25.7 Å². The molecule has 0 spiro atoms. The van der Waals surface area contributed by atoms with Crippen molar-refractivity contribution in [3.8, 4) is 0 Å². The van der Waals surface area contributed by atoms with E-state index >= 15 is 0 Å². The van der Waals surface area contributed by atoms with E-state index in [1.807, 2.05) is 0 Å². The molecule has 2 rings (SSSR count). The van der Waals surface area contributed by atoms with Gasteiger partial charge < -0.3 is 4.74 Å². The smallest absolute Gasteiger partial charge is 0.416 e. The summed E-state index contributed by atoms with van der Waals surface area (Å²) >= 11 is 0. The van der Waals surface area contributed by atoms with E-state index in [4.69, 9.17) is 0 Å². The maximum atomic E-state index is 12.9. The van der Waals surface area contributed by atoms with Crippen LogP contribution < -0.4 is 4.31 Å². The molecule has 122 valence electrons. The topological polar surface area (TPSA) is 76.6 Å². The maximum absolute atomic E-state index is 12.9. The minimum Gasteiger partial charge on any atom is -0.467 e. The van der Waals surface area contributed by atoms with E-state index in [-0.39, 0.29) is 17.9 Å². The van der Waals surface area contributed by atoms with Crippen molar-refractivity contribution in [3.63, 3.8) is 0 Å². The molecule has 10 heteroatoms. The lowest BCUT2D eigenvalue weighted by Crippen LogP contribution is -2.40. The Morgan fingerprint density at radius 1 is 1.41 bits per heavy atom. The second kappa shape index (κ2) is 5.41. The number of rotatable bonds is 2. The molecule has 0 aliphatic carbocycles. The number of methoxy groups -OCH3 is 1. The SMILES string of the molecule is COC(=O)[C@@H]1CCS(=O)(=O)N1c1cc(C(F)(F)F)cc(C)n1. The van der Waals surface area contributed by atoms with Crippen molar-refractivity contribution in [2.24, 2.45) is 0 Å². The minimum atomic E-state index is -4.65. The van der Waals surface area contributed by atoms with Crippen molar-refractivity contribution < 1.29 is 31.1 Å². The number of nitrogens with zero attached hydrogens (tertiary/aromatic N) is 2. The minimum absolute atomic E-state index is 0.00413. The van der Waals surface area contributed by atoms with Crippen LogP contribution in [0.25, 0.3) is 0 Å². The van der Waals surface area contributed by atoms with Gasteiger partial charge in [0.15, 0.2) is 0 Å². The van der Waals surface area contributed by atoms with Crippen LogP contribution >= 0.6 is 0 Å². The largest absolute Gasteiger partial charge is 0.467 e. The fourth-order valence-corrected chi connectivity index (χ4v) is 3.92. The molecule has 1 aromatic heterocycles. The predicted molar refractivity (Wildman–Crippen MR) is 70.7 cm³/mol. The van der Waals surface area contributed by atoms with Crippen molar-refractivity contribution in [3.05, 3.63) is 23.4 Å². The lowest BCUT2D eigenvalue weighted by molar-refractivity contribution is -0.141. The normalized spacial score (nSPS) is 21.0. The standard InChI is InChI=1S/C12H13F3N2O4S/c1-7-5-8(12(13,14)15)6-10(16-7)17-9(11(18)21-2)3-4-22(17,19)20/h5-6,9H,3-4H2,1-2H3/t9-/m0/s1. The van der Waals surface area contributed by atoms with E-state index in [0.29, 0.717) is 10.4 Å². The highest BCUT2D eigenvalue weighted by Crippen LogP contribution is 2.34. The number of aryl methyl sites for hydroxylation is 1. The Hall–Kier alpha value is -1.84. The molecule has 1 aromatic rings. The van der Waals surface area contributed by atoms with Crippen molar-refractivity contribution >= 4 is 21.8 Å². The molecule has 0 bridgehead atoms. The van der Waals surface area contributed by atoms with Crippen LogP contribution in [0, 0.1) is 6.92 Å². The molecule has 1 fully saturated rings. The number of alkyl halides is 3. The number of esters is 1. The molecule has 1 aliphatic rings. The predicted octanol–water partition coefficient (Wildman–Crippen LogP) is 1.49. The number of anilines is 1. The summed E-state index contributed by atoms with van der Waals surface area (Å²) in [6, 6.07) is 0.218. The van der Waals surface area contributed by atoms with Gasteiger partial charge in [-0.05, 0) is 25.5 Å². The number of hydrogen-bond donors (Lipinski definition) is 0. The van der Waals surface area contributed by atoms with Crippen molar-refractivity contribution in [2.75, 3.05) is 17.2 Å². The Bertz CT molecular complexity index is 703. The van der Waals surface area contributed by atoms with E-state index in [9.17, 15) is 26.4 Å².